The molecule has 0 aromatic heterocycles. The third-order valence-electron chi connectivity index (χ3n) is 10.3. The monoisotopic (exact) mass is 997 g/mol. The van der Waals surface area contributed by atoms with Gasteiger partial charge in [-0.1, -0.05) is 174 Å². The van der Waals surface area contributed by atoms with Crippen LogP contribution in [-0.4, -0.2) is 66.5 Å². The summed E-state index contributed by atoms with van der Waals surface area (Å²) in [7, 11) is -4.78. The van der Waals surface area contributed by atoms with Gasteiger partial charge in [0.15, 0.2) is 6.10 Å². The lowest BCUT2D eigenvalue weighted by Crippen LogP contribution is -2.30. The molecule has 12 heteroatoms. The lowest BCUT2D eigenvalue weighted by atomic mass is 10.1. The van der Waals surface area contributed by atoms with Crippen LogP contribution in [0.25, 0.3) is 0 Å². The average molecular weight is 997 g/mol. The number of phosphoric acid groups is 1. The number of carbonyl (C=O) groups excluding carboxylic acids is 3. The Hall–Kier alpha value is -4.12. The Balaban J connectivity index is 4.90. The van der Waals surface area contributed by atoms with Crippen LogP contribution in [0, 0.1) is 0 Å². The Morgan fingerprint density at radius 2 is 0.757 bits per heavy atom. The molecule has 0 amide bonds. The molecule has 3 unspecified atom stereocenters. The largest absolute Gasteiger partial charge is 0.472 e. The Morgan fingerprint density at radius 1 is 0.414 bits per heavy atom. The number of phosphoric ester groups is 1. The summed E-state index contributed by atoms with van der Waals surface area (Å²) in [5, 5.41) is 9.78. The summed E-state index contributed by atoms with van der Waals surface area (Å²) in [5.74, 6) is -1.60. The molecule has 0 saturated heterocycles. The van der Waals surface area contributed by atoms with Crippen LogP contribution < -0.4 is 0 Å². The maximum Gasteiger partial charge on any atom is 0.472 e. The molecule has 70 heavy (non-hydrogen) atoms. The van der Waals surface area contributed by atoms with Gasteiger partial charge in [0.05, 0.1) is 19.8 Å². The molecular weight excluding hydrogens is 904 g/mol. The molecule has 2 N–H and O–H groups in total. The van der Waals surface area contributed by atoms with Crippen LogP contribution in [0.2, 0.25) is 0 Å². The van der Waals surface area contributed by atoms with E-state index in [9.17, 15) is 28.9 Å². The minimum atomic E-state index is -4.78. The van der Waals surface area contributed by atoms with E-state index in [0.717, 1.165) is 122 Å². The van der Waals surface area contributed by atoms with Crippen molar-refractivity contribution in [1.82, 2.24) is 0 Å². The van der Waals surface area contributed by atoms with Crippen LogP contribution in [0.15, 0.2) is 122 Å². The zero-order valence-corrected chi connectivity index (χ0v) is 44.3. The zero-order chi connectivity index (χ0) is 51.3. The summed E-state index contributed by atoms with van der Waals surface area (Å²) in [6.45, 7) is 4.20. The van der Waals surface area contributed by atoms with Crippen molar-refractivity contribution < 1.29 is 52.2 Å². The Kier molecular flexibility index (Phi) is 48.2. The third kappa shape index (κ3) is 48.9. The summed E-state index contributed by atoms with van der Waals surface area (Å²) < 4.78 is 39.3. The summed E-state index contributed by atoms with van der Waals surface area (Å²) in [4.78, 5) is 48.3. The van der Waals surface area contributed by atoms with E-state index < -0.39 is 57.8 Å². The van der Waals surface area contributed by atoms with Crippen LogP contribution in [0.3, 0.4) is 0 Å². The molecule has 0 heterocycles. The summed E-state index contributed by atoms with van der Waals surface area (Å²) in [5.41, 5.74) is 0. The van der Waals surface area contributed by atoms with Crippen molar-refractivity contribution in [1.29, 1.82) is 0 Å². The number of aliphatic hydroxyl groups is 1. The highest BCUT2D eigenvalue weighted by atomic mass is 31.2. The van der Waals surface area contributed by atoms with Gasteiger partial charge in [-0.05, 0) is 116 Å². The molecule has 0 bridgehead atoms. The summed E-state index contributed by atoms with van der Waals surface area (Å²) in [6, 6.07) is 0. The molecule has 0 rings (SSSR count). The van der Waals surface area contributed by atoms with Crippen molar-refractivity contribution in [2.45, 2.75) is 200 Å². The Morgan fingerprint density at radius 3 is 1.21 bits per heavy atom. The highest BCUT2D eigenvalue weighted by Gasteiger charge is 2.28. The van der Waals surface area contributed by atoms with Gasteiger partial charge in [0, 0.05) is 19.3 Å². The average Bonchev–Trinajstić information content (AvgIpc) is 3.35. The number of aliphatic hydroxyl groups excluding tert-OH is 1. The molecule has 0 aliphatic carbocycles. The standard InChI is InChI=1S/C58H93O11P/c1-4-7-10-13-16-19-22-25-26-27-28-31-34-37-40-43-46-49-58(62)69-55(51-65-56(60)47-44-41-38-35-32-29-23-20-17-14-11-8-5-2)53-67-70(63,64)66-52-54(50-59)68-57(61)48-45-42-39-36-33-30-24-21-18-15-12-9-6-3/h7-8,10-12,15-17,19-21,24-26,28-29,31-32,37,40,54-55,59H,4-6,9,13-14,18,22-23,27,30,33-36,38-39,41-53H2,1-3H3,(H,63,64)/b10-7-,11-8-,15-12-,19-16-,20-17-,24-21-,26-25-,31-28-,32-29-,40-37-. The molecule has 0 aliphatic heterocycles. The van der Waals surface area contributed by atoms with Gasteiger partial charge >= 0.3 is 25.7 Å². The highest BCUT2D eigenvalue weighted by molar-refractivity contribution is 7.47. The molecular formula is C58H93O11P. The number of allylic oxidation sites excluding steroid dienone is 20. The molecule has 0 aromatic carbocycles. The van der Waals surface area contributed by atoms with Crippen LogP contribution in [-0.2, 0) is 42.2 Å². The molecule has 0 fully saturated rings. The minimum Gasteiger partial charge on any atom is -0.462 e. The van der Waals surface area contributed by atoms with Gasteiger partial charge in [-0.2, -0.15) is 0 Å². The van der Waals surface area contributed by atoms with Crippen molar-refractivity contribution in [3.63, 3.8) is 0 Å². The van der Waals surface area contributed by atoms with E-state index in [4.69, 9.17) is 23.3 Å². The maximum atomic E-state index is 12.9. The predicted octanol–water partition coefficient (Wildman–Crippen LogP) is 15.2. The second kappa shape index (κ2) is 51.2. The quantitative estimate of drug-likeness (QED) is 0.0197. The van der Waals surface area contributed by atoms with Gasteiger partial charge < -0.3 is 24.2 Å². The maximum absolute atomic E-state index is 12.9. The van der Waals surface area contributed by atoms with E-state index in [1.807, 2.05) is 12.2 Å². The van der Waals surface area contributed by atoms with Crippen molar-refractivity contribution in [2.24, 2.45) is 0 Å². The summed E-state index contributed by atoms with van der Waals surface area (Å²) >= 11 is 0. The molecule has 11 nitrogen and oxygen atoms in total. The van der Waals surface area contributed by atoms with Gasteiger partial charge in [-0.15, -0.1) is 0 Å². The fraction of sp³-hybridized carbons (Fsp3) is 0.603. The SMILES string of the molecule is CC/C=C\C/C=C\C/C=C\C/C=C\C/C=C\CCCC(=O)OC(COC(=O)CCCCC/C=C\C/C=C\C/C=C\CC)COP(=O)(O)OCC(CO)OC(=O)CCCCCCC/C=C\C/C=C\CCC. The van der Waals surface area contributed by atoms with Crippen molar-refractivity contribution >= 4 is 25.7 Å². The zero-order valence-electron chi connectivity index (χ0n) is 43.4. The van der Waals surface area contributed by atoms with Gasteiger partial charge in [0.25, 0.3) is 0 Å². The lowest BCUT2D eigenvalue weighted by Gasteiger charge is -2.21. The molecule has 0 radical (unpaired) electrons. The van der Waals surface area contributed by atoms with Crippen LogP contribution in [0.5, 0.6) is 0 Å². The highest BCUT2D eigenvalue weighted by Crippen LogP contribution is 2.43. The van der Waals surface area contributed by atoms with Crippen LogP contribution in [0.1, 0.15) is 188 Å². The van der Waals surface area contributed by atoms with E-state index >= 15 is 0 Å². The van der Waals surface area contributed by atoms with E-state index in [0.29, 0.717) is 25.7 Å². The lowest BCUT2D eigenvalue weighted by molar-refractivity contribution is -0.161. The minimum absolute atomic E-state index is 0.0751. The van der Waals surface area contributed by atoms with E-state index in [-0.39, 0.29) is 25.9 Å². The second-order valence-electron chi connectivity index (χ2n) is 16.9. The number of carbonyl (C=O) groups is 3. The number of ether oxygens (including phenoxy) is 3. The van der Waals surface area contributed by atoms with Gasteiger partial charge in [-0.25, -0.2) is 4.57 Å². The predicted molar refractivity (Wildman–Crippen MR) is 288 cm³/mol. The van der Waals surface area contributed by atoms with Crippen LogP contribution in [0.4, 0.5) is 0 Å². The van der Waals surface area contributed by atoms with Crippen LogP contribution >= 0.6 is 7.82 Å². The first kappa shape index (κ1) is 65.9. The first-order chi connectivity index (χ1) is 34.2. The van der Waals surface area contributed by atoms with Gasteiger partial charge in [0.1, 0.15) is 12.7 Å². The van der Waals surface area contributed by atoms with Crippen molar-refractivity contribution in [3.05, 3.63) is 122 Å². The first-order valence-corrected chi connectivity index (χ1v) is 27.9. The Labute approximate surface area is 424 Å². The van der Waals surface area contributed by atoms with Gasteiger partial charge in [0.2, 0.25) is 0 Å². The number of unbranched alkanes of at least 4 members (excludes halogenated alkanes) is 10. The fourth-order valence-electron chi connectivity index (χ4n) is 6.38. The van der Waals surface area contributed by atoms with Crippen molar-refractivity contribution in [3.8, 4) is 0 Å². The molecule has 3 atom stereocenters. The van der Waals surface area contributed by atoms with E-state index in [1.54, 1.807) is 0 Å². The smallest absolute Gasteiger partial charge is 0.462 e. The van der Waals surface area contributed by atoms with Crippen molar-refractivity contribution in [2.75, 3.05) is 26.4 Å². The second-order valence-corrected chi connectivity index (χ2v) is 18.4. The first-order valence-electron chi connectivity index (χ1n) is 26.4. The Bertz CT molecular complexity index is 1630. The fourth-order valence-corrected chi connectivity index (χ4v) is 7.17. The van der Waals surface area contributed by atoms with E-state index in [1.165, 1.54) is 0 Å². The number of hydrogen-bond acceptors (Lipinski definition) is 10. The molecule has 0 aromatic rings. The van der Waals surface area contributed by atoms with E-state index in [2.05, 4.69) is 130 Å². The van der Waals surface area contributed by atoms with Gasteiger partial charge in [-0.3, -0.25) is 23.4 Å². The summed E-state index contributed by atoms with van der Waals surface area (Å²) in [6.07, 6.45) is 61.8. The molecule has 396 valence electrons. The number of esters is 3. The molecule has 0 saturated carbocycles. The number of rotatable bonds is 47. The molecule has 0 spiro atoms. The third-order valence-corrected chi connectivity index (χ3v) is 11.3. The topological polar surface area (TPSA) is 155 Å². The molecule has 0 aliphatic rings. The number of hydrogen-bond donors (Lipinski definition) is 2. The normalized spacial score (nSPS) is 14.4.